The summed E-state index contributed by atoms with van der Waals surface area (Å²) in [4.78, 5) is 22.5. The number of carboxylic acid groups (broad SMARTS) is 1. The molecule has 0 aliphatic heterocycles. The molecule has 0 saturated heterocycles. The summed E-state index contributed by atoms with van der Waals surface area (Å²) < 4.78 is 2.83. The molecule has 2 aromatic rings. The van der Waals surface area contributed by atoms with Crippen LogP contribution in [0.25, 0.3) is 0 Å². The van der Waals surface area contributed by atoms with Gasteiger partial charge in [-0.05, 0) is 13.8 Å². The minimum absolute atomic E-state index is 0.116. The third-order valence-corrected chi connectivity index (χ3v) is 2.49. The summed E-state index contributed by atoms with van der Waals surface area (Å²) in [6, 6.07) is 1.80. The smallest absolute Gasteiger partial charge is 0.358 e. The number of carboxylic acids is 1. The van der Waals surface area contributed by atoms with E-state index < -0.39 is 5.97 Å². The fourth-order valence-corrected chi connectivity index (χ4v) is 1.63. The number of anilines is 1. The van der Waals surface area contributed by atoms with Crippen molar-refractivity contribution in [1.29, 1.82) is 0 Å². The lowest BCUT2D eigenvalue weighted by molar-refractivity contribution is -0.117. The maximum Gasteiger partial charge on any atom is 0.358 e. The minimum Gasteiger partial charge on any atom is -0.476 e. The first-order valence-corrected chi connectivity index (χ1v) is 5.94. The van der Waals surface area contributed by atoms with Crippen molar-refractivity contribution in [3.63, 3.8) is 0 Å². The highest BCUT2D eigenvalue weighted by Gasteiger charge is 2.13. The number of amides is 1. The molecule has 2 aromatic heterocycles. The minimum atomic E-state index is -1.19. The van der Waals surface area contributed by atoms with Gasteiger partial charge in [-0.15, -0.1) is 5.10 Å². The quantitative estimate of drug-likeness (QED) is 0.817. The molecule has 20 heavy (non-hydrogen) atoms. The molecule has 0 unspecified atom stereocenters. The number of hydrogen-bond acceptors (Lipinski definition) is 5. The number of aromatic nitrogens is 5. The highest BCUT2D eigenvalue weighted by molar-refractivity contribution is 5.90. The van der Waals surface area contributed by atoms with E-state index in [2.05, 4.69) is 20.7 Å². The Morgan fingerprint density at radius 2 is 2.20 bits per heavy atom. The lowest BCUT2D eigenvalue weighted by Crippen LogP contribution is -2.21. The van der Waals surface area contributed by atoms with Crippen molar-refractivity contribution < 1.29 is 14.7 Å². The Morgan fingerprint density at radius 1 is 1.45 bits per heavy atom. The molecule has 0 aromatic carbocycles. The topological polar surface area (TPSA) is 115 Å². The van der Waals surface area contributed by atoms with Gasteiger partial charge in [0.1, 0.15) is 12.4 Å². The maximum atomic E-state index is 11.8. The van der Waals surface area contributed by atoms with Gasteiger partial charge in [0.15, 0.2) is 5.69 Å². The molecule has 0 bridgehead atoms. The number of hydrogen-bond donors (Lipinski definition) is 2. The van der Waals surface area contributed by atoms with Crippen molar-refractivity contribution in [2.75, 3.05) is 5.32 Å². The second kappa shape index (κ2) is 5.51. The van der Waals surface area contributed by atoms with Gasteiger partial charge < -0.3 is 10.4 Å². The van der Waals surface area contributed by atoms with Crippen molar-refractivity contribution in [2.45, 2.75) is 26.4 Å². The first-order valence-electron chi connectivity index (χ1n) is 5.94. The third kappa shape index (κ3) is 2.99. The van der Waals surface area contributed by atoms with Crippen LogP contribution in [0.2, 0.25) is 0 Å². The molecule has 2 rings (SSSR count). The average Bonchev–Trinajstić information content (AvgIpc) is 2.97. The van der Waals surface area contributed by atoms with Gasteiger partial charge in [-0.3, -0.25) is 4.79 Å². The van der Waals surface area contributed by atoms with Crippen molar-refractivity contribution in [3.8, 4) is 0 Å². The summed E-state index contributed by atoms with van der Waals surface area (Å²) in [5, 5.41) is 22.5. The van der Waals surface area contributed by atoms with Crippen LogP contribution < -0.4 is 5.32 Å². The predicted molar refractivity (Wildman–Crippen MR) is 68.2 cm³/mol. The lowest BCUT2D eigenvalue weighted by Gasteiger charge is -2.11. The van der Waals surface area contributed by atoms with Crippen LogP contribution in [0.3, 0.4) is 0 Å². The monoisotopic (exact) mass is 278 g/mol. The zero-order valence-electron chi connectivity index (χ0n) is 11.0. The lowest BCUT2D eigenvalue weighted by atomic mass is 10.4. The van der Waals surface area contributed by atoms with E-state index in [1.54, 1.807) is 16.9 Å². The van der Waals surface area contributed by atoms with Gasteiger partial charge in [0.2, 0.25) is 5.91 Å². The first-order chi connectivity index (χ1) is 9.47. The molecule has 0 fully saturated rings. The van der Waals surface area contributed by atoms with Gasteiger partial charge >= 0.3 is 5.97 Å². The van der Waals surface area contributed by atoms with Crippen LogP contribution in [0.5, 0.6) is 0 Å². The number of rotatable bonds is 5. The van der Waals surface area contributed by atoms with Crippen LogP contribution in [0.4, 0.5) is 5.82 Å². The van der Waals surface area contributed by atoms with Crippen molar-refractivity contribution in [3.05, 3.63) is 24.2 Å². The molecular weight excluding hydrogens is 264 g/mol. The molecule has 2 N–H and O–H groups in total. The molecule has 9 nitrogen and oxygen atoms in total. The first kappa shape index (κ1) is 13.7. The summed E-state index contributed by atoms with van der Waals surface area (Å²) in [7, 11) is 0. The van der Waals surface area contributed by atoms with E-state index in [1.165, 1.54) is 6.20 Å². The SMILES string of the molecule is CC(C)n1nccc1NC(=O)Cn1cc(C(=O)O)nn1. The Hall–Kier alpha value is -2.71. The van der Waals surface area contributed by atoms with Gasteiger partial charge in [0, 0.05) is 12.1 Å². The van der Waals surface area contributed by atoms with E-state index in [1.807, 2.05) is 13.8 Å². The Bertz CT molecular complexity index is 630. The largest absolute Gasteiger partial charge is 0.476 e. The van der Waals surface area contributed by atoms with Crippen LogP contribution in [0.15, 0.2) is 18.5 Å². The second-order valence-corrected chi connectivity index (χ2v) is 4.41. The van der Waals surface area contributed by atoms with E-state index in [0.29, 0.717) is 5.82 Å². The molecular formula is C11H14N6O3. The standard InChI is InChI=1S/C11H14N6O3/c1-7(2)17-9(3-4-12-17)13-10(18)6-16-5-8(11(19)20)14-15-16/h3-5,7H,6H2,1-2H3,(H,13,18)(H,19,20). The molecule has 0 spiro atoms. The molecule has 0 aliphatic rings. The second-order valence-electron chi connectivity index (χ2n) is 4.41. The molecule has 0 aliphatic carbocycles. The van der Waals surface area contributed by atoms with Crippen LogP contribution in [-0.2, 0) is 11.3 Å². The van der Waals surface area contributed by atoms with E-state index in [4.69, 9.17) is 5.11 Å². The number of carbonyl (C=O) groups excluding carboxylic acids is 1. The maximum absolute atomic E-state index is 11.8. The average molecular weight is 278 g/mol. The fourth-order valence-electron chi connectivity index (χ4n) is 1.63. The van der Waals surface area contributed by atoms with Crippen molar-refractivity contribution in [1.82, 2.24) is 24.8 Å². The van der Waals surface area contributed by atoms with E-state index in [9.17, 15) is 9.59 Å². The van der Waals surface area contributed by atoms with Crippen LogP contribution in [0.1, 0.15) is 30.4 Å². The summed E-state index contributed by atoms with van der Waals surface area (Å²) in [6.45, 7) is 3.77. The molecule has 9 heteroatoms. The molecule has 0 radical (unpaired) electrons. The molecule has 0 saturated carbocycles. The predicted octanol–water partition coefficient (Wildman–Crippen LogP) is 0.392. The highest BCUT2D eigenvalue weighted by atomic mass is 16.4. The van der Waals surface area contributed by atoms with E-state index in [0.717, 1.165) is 4.68 Å². The number of carbonyl (C=O) groups is 2. The number of nitrogens with one attached hydrogen (secondary N) is 1. The Morgan fingerprint density at radius 3 is 2.80 bits per heavy atom. The summed E-state index contributed by atoms with van der Waals surface area (Å²) in [5.41, 5.74) is -0.204. The number of nitrogens with zero attached hydrogens (tertiary/aromatic N) is 5. The highest BCUT2D eigenvalue weighted by Crippen LogP contribution is 2.12. The van der Waals surface area contributed by atoms with Crippen LogP contribution >= 0.6 is 0 Å². The van der Waals surface area contributed by atoms with Crippen molar-refractivity contribution in [2.24, 2.45) is 0 Å². The van der Waals surface area contributed by atoms with E-state index >= 15 is 0 Å². The molecule has 106 valence electrons. The normalized spacial score (nSPS) is 10.8. The Labute approximate surface area is 114 Å². The van der Waals surface area contributed by atoms with Crippen LogP contribution in [0, 0.1) is 0 Å². The summed E-state index contributed by atoms with van der Waals surface area (Å²) in [5.74, 6) is -0.952. The molecule has 0 atom stereocenters. The van der Waals surface area contributed by atoms with Crippen LogP contribution in [-0.4, -0.2) is 41.8 Å². The summed E-state index contributed by atoms with van der Waals surface area (Å²) in [6.07, 6.45) is 2.79. The van der Waals surface area contributed by atoms with Gasteiger partial charge in [-0.25, -0.2) is 14.2 Å². The molecule has 1 amide bonds. The van der Waals surface area contributed by atoms with E-state index in [-0.39, 0.29) is 24.2 Å². The Balaban J connectivity index is 2.01. The van der Waals surface area contributed by atoms with Gasteiger partial charge in [0.05, 0.1) is 12.4 Å². The number of aromatic carboxylic acids is 1. The zero-order chi connectivity index (χ0) is 14.7. The third-order valence-electron chi connectivity index (χ3n) is 2.49. The van der Waals surface area contributed by atoms with Gasteiger partial charge in [-0.2, -0.15) is 5.10 Å². The fraction of sp³-hybridized carbons (Fsp3) is 0.364. The van der Waals surface area contributed by atoms with Gasteiger partial charge in [-0.1, -0.05) is 5.21 Å². The Kier molecular flexibility index (Phi) is 3.78. The van der Waals surface area contributed by atoms with Gasteiger partial charge in [0.25, 0.3) is 0 Å². The van der Waals surface area contributed by atoms with Crippen molar-refractivity contribution >= 4 is 17.7 Å². The summed E-state index contributed by atoms with van der Waals surface area (Å²) >= 11 is 0. The zero-order valence-corrected chi connectivity index (χ0v) is 11.0. The molecule has 2 heterocycles.